The second-order valence-corrected chi connectivity index (χ2v) is 6.85. The number of fused-ring (bicyclic) bond motifs is 1. The summed E-state index contributed by atoms with van der Waals surface area (Å²) in [5, 5.41) is 3.54. The number of para-hydroxylation sites is 1. The molecule has 0 radical (unpaired) electrons. The SMILES string of the molecule is CC1(CNCc2cccc3c2OC(C)(C)C3)COC1. The molecule has 3 nitrogen and oxygen atoms in total. The highest BCUT2D eigenvalue weighted by molar-refractivity contribution is 5.45. The van der Waals surface area contributed by atoms with E-state index in [1.165, 1.54) is 11.1 Å². The Morgan fingerprint density at radius 1 is 1.21 bits per heavy atom. The average molecular weight is 261 g/mol. The third kappa shape index (κ3) is 2.63. The van der Waals surface area contributed by atoms with Crippen LogP contribution in [0.4, 0.5) is 0 Å². The van der Waals surface area contributed by atoms with Gasteiger partial charge in [-0.3, -0.25) is 0 Å². The van der Waals surface area contributed by atoms with Gasteiger partial charge in [-0.05, 0) is 19.4 Å². The number of nitrogens with one attached hydrogen (secondary N) is 1. The van der Waals surface area contributed by atoms with Crippen LogP contribution in [-0.2, 0) is 17.7 Å². The predicted octanol–water partition coefficient (Wildman–Crippen LogP) is 2.53. The molecule has 0 bridgehead atoms. The molecule has 3 heteroatoms. The minimum Gasteiger partial charge on any atom is -0.487 e. The molecule has 0 spiro atoms. The van der Waals surface area contributed by atoms with Gasteiger partial charge in [0.25, 0.3) is 0 Å². The first kappa shape index (κ1) is 12.9. The lowest BCUT2D eigenvalue weighted by molar-refractivity contribution is -0.0991. The Morgan fingerprint density at radius 2 is 2.00 bits per heavy atom. The zero-order valence-corrected chi connectivity index (χ0v) is 12.1. The molecule has 104 valence electrons. The van der Waals surface area contributed by atoms with Crippen molar-refractivity contribution in [2.75, 3.05) is 19.8 Å². The molecule has 2 aliphatic rings. The molecule has 1 saturated heterocycles. The van der Waals surface area contributed by atoms with Gasteiger partial charge in [0.15, 0.2) is 0 Å². The van der Waals surface area contributed by atoms with Gasteiger partial charge < -0.3 is 14.8 Å². The van der Waals surface area contributed by atoms with E-state index in [4.69, 9.17) is 9.47 Å². The summed E-state index contributed by atoms with van der Waals surface area (Å²) in [4.78, 5) is 0. The van der Waals surface area contributed by atoms with Gasteiger partial charge >= 0.3 is 0 Å². The molecule has 0 aromatic heterocycles. The van der Waals surface area contributed by atoms with Gasteiger partial charge in [-0.25, -0.2) is 0 Å². The Labute approximate surface area is 115 Å². The molecule has 0 atom stereocenters. The lowest BCUT2D eigenvalue weighted by Crippen LogP contribution is -2.47. The van der Waals surface area contributed by atoms with Crippen LogP contribution in [0.25, 0.3) is 0 Å². The molecular weight excluding hydrogens is 238 g/mol. The smallest absolute Gasteiger partial charge is 0.127 e. The van der Waals surface area contributed by atoms with Crippen molar-refractivity contribution < 1.29 is 9.47 Å². The fraction of sp³-hybridized carbons (Fsp3) is 0.625. The van der Waals surface area contributed by atoms with E-state index in [-0.39, 0.29) is 5.60 Å². The second kappa shape index (κ2) is 4.50. The molecule has 1 N–H and O–H groups in total. The molecule has 3 rings (SSSR count). The van der Waals surface area contributed by atoms with Gasteiger partial charge in [-0.2, -0.15) is 0 Å². The standard InChI is InChI=1S/C16H23NO2/c1-15(2)7-12-5-4-6-13(14(12)19-15)8-17-9-16(3)10-18-11-16/h4-6,17H,7-11H2,1-3H3. The molecule has 1 aromatic rings. The normalized spacial score (nSPS) is 22.5. The molecule has 2 aliphatic heterocycles. The number of benzene rings is 1. The summed E-state index contributed by atoms with van der Waals surface area (Å²) in [6, 6.07) is 6.47. The minimum absolute atomic E-state index is 0.0633. The fourth-order valence-corrected chi connectivity index (χ4v) is 2.87. The van der Waals surface area contributed by atoms with Gasteiger partial charge in [-0.1, -0.05) is 25.1 Å². The van der Waals surface area contributed by atoms with Crippen molar-refractivity contribution in [2.24, 2.45) is 5.41 Å². The highest BCUT2D eigenvalue weighted by atomic mass is 16.5. The van der Waals surface area contributed by atoms with Crippen LogP contribution in [0.1, 0.15) is 31.9 Å². The lowest BCUT2D eigenvalue weighted by Gasteiger charge is -2.38. The van der Waals surface area contributed by atoms with Crippen molar-refractivity contribution in [1.82, 2.24) is 5.32 Å². The predicted molar refractivity (Wildman–Crippen MR) is 75.5 cm³/mol. The van der Waals surface area contributed by atoms with Crippen LogP contribution < -0.4 is 10.1 Å². The summed E-state index contributed by atoms with van der Waals surface area (Å²) in [5.74, 6) is 1.09. The van der Waals surface area contributed by atoms with Gasteiger partial charge in [-0.15, -0.1) is 0 Å². The molecular formula is C16H23NO2. The van der Waals surface area contributed by atoms with E-state index in [2.05, 4.69) is 44.3 Å². The van der Waals surface area contributed by atoms with E-state index >= 15 is 0 Å². The first-order valence-electron chi connectivity index (χ1n) is 7.06. The zero-order chi connectivity index (χ0) is 13.5. The maximum atomic E-state index is 6.08. The first-order chi connectivity index (χ1) is 8.98. The van der Waals surface area contributed by atoms with Gasteiger partial charge in [0.1, 0.15) is 11.4 Å². The molecule has 0 saturated carbocycles. The van der Waals surface area contributed by atoms with Crippen LogP contribution >= 0.6 is 0 Å². The van der Waals surface area contributed by atoms with Crippen LogP contribution in [0.2, 0.25) is 0 Å². The van der Waals surface area contributed by atoms with E-state index in [9.17, 15) is 0 Å². The summed E-state index contributed by atoms with van der Waals surface area (Å²) >= 11 is 0. The maximum absolute atomic E-state index is 6.08. The van der Waals surface area contributed by atoms with E-state index in [0.29, 0.717) is 5.41 Å². The zero-order valence-electron chi connectivity index (χ0n) is 12.1. The van der Waals surface area contributed by atoms with E-state index in [1.54, 1.807) is 0 Å². The lowest BCUT2D eigenvalue weighted by atomic mass is 9.89. The highest BCUT2D eigenvalue weighted by Gasteiger charge is 2.34. The van der Waals surface area contributed by atoms with E-state index < -0.39 is 0 Å². The summed E-state index contributed by atoms with van der Waals surface area (Å²) in [7, 11) is 0. The van der Waals surface area contributed by atoms with Crippen molar-refractivity contribution in [3.8, 4) is 5.75 Å². The summed E-state index contributed by atoms with van der Waals surface area (Å²) < 4.78 is 11.4. The number of hydrogen-bond acceptors (Lipinski definition) is 3. The third-order valence-corrected chi connectivity index (χ3v) is 3.94. The Bertz CT molecular complexity index is 478. The molecule has 1 aromatic carbocycles. The van der Waals surface area contributed by atoms with Crippen molar-refractivity contribution in [3.63, 3.8) is 0 Å². The van der Waals surface area contributed by atoms with E-state index in [0.717, 1.165) is 38.5 Å². The van der Waals surface area contributed by atoms with Crippen LogP contribution in [-0.4, -0.2) is 25.4 Å². The topological polar surface area (TPSA) is 30.5 Å². The van der Waals surface area contributed by atoms with Gasteiger partial charge in [0.05, 0.1) is 13.2 Å². The molecule has 0 amide bonds. The third-order valence-electron chi connectivity index (χ3n) is 3.94. The van der Waals surface area contributed by atoms with Crippen molar-refractivity contribution >= 4 is 0 Å². The quantitative estimate of drug-likeness (QED) is 0.903. The largest absolute Gasteiger partial charge is 0.487 e. The van der Waals surface area contributed by atoms with Crippen LogP contribution in [0, 0.1) is 5.41 Å². The Balaban J connectivity index is 1.65. The molecule has 1 fully saturated rings. The second-order valence-electron chi connectivity index (χ2n) is 6.85. The van der Waals surface area contributed by atoms with Crippen LogP contribution in [0.15, 0.2) is 18.2 Å². The highest BCUT2D eigenvalue weighted by Crippen LogP contribution is 2.37. The molecule has 0 unspecified atom stereocenters. The Kier molecular flexibility index (Phi) is 3.06. The molecule has 2 heterocycles. The summed E-state index contributed by atoms with van der Waals surface area (Å²) in [6.45, 7) is 10.2. The molecule has 0 aliphatic carbocycles. The van der Waals surface area contributed by atoms with Crippen LogP contribution in [0.3, 0.4) is 0 Å². The van der Waals surface area contributed by atoms with E-state index in [1.807, 2.05) is 0 Å². The Morgan fingerprint density at radius 3 is 2.68 bits per heavy atom. The van der Waals surface area contributed by atoms with Gasteiger partial charge in [0.2, 0.25) is 0 Å². The van der Waals surface area contributed by atoms with Crippen molar-refractivity contribution in [2.45, 2.75) is 39.3 Å². The average Bonchev–Trinajstić information content (AvgIpc) is 2.62. The fourth-order valence-electron chi connectivity index (χ4n) is 2.87. The monoisotopic (exact) mass is 261 g/mol. The number of hydrogen-bond donors (Lipinski definition) is 1. The summed E-state index contributed by atoms with van der Waals surface area (Å²) in [5.41, 5.74) is 2.86. The number of rotatable bonds is 4. The Hall–Kier alpha value is -1.06. The summed E-state index contributed by atoms with van der Waals surface area (Å²) in [6.07, 6.45) is 1.00. The first-order valence-corrected chi connectivity index (χ1v) is 7.06. The maximum Gasteiger partial charge on any atom is 0.127 e. The van der Waals surface area contributed by atoms with Crippen LogP contribution in [0.5, 0.6) is 5.75 Å². The molecule has 19 heavy (non-hydrogen) atoms. The minimum atomic E-state index is -0.0633. The van der Waals surface area contributed by atoms with Crippen molar-refractivity contribution in [3.05, 3.63) is 29.3 Å². The van der Waals surface area contributed by atoms with Gasteiger partial charge in [0, 0.05) is 30.5 Å². The van der Waals surface area contributed by atoms with Crippen molar-refractivity contribution in [1.29, 1.82) is 0 Å². The number of ether oxygens (including phenoxy) is 2.